The third kappa shape index (κ3) is 6.99. The maximum atomic E-state index is 14.5. The predicted octanol–water partition coefficient (Wildman–Crippen LogP) is 4.51. The highest BCUT2D eigenvalue weighted by atomic mass is 32.2. The minimum atomic E-state index is -1.42. The monoisotopic (exact) mass is 446 g/mol. The van der Waals surface area contributed by atoms with Gasteiger partial charge in [-0.3, -0.25) is 0 Å². The van der Waals surface area contributed by atoms with Crippen LogP contribution in [0.2, 0.25) is 0 Å². The van der Waals surface area contributed by atoms with Gasteiger partial charge in [0.15, 0.2) is 11.6 Å². The third-order valence-corrected chi connectivity index (χ3v) is 6.12. The average molecular weight is 447 g/mol. The van der Waals surface area contributed by atoms with Crippen LogP contribution in [0.15, 0.2) is 12.1 Å². The molecule has 2 rings (SSSR count). The molecule has 170 valence electrons. The molecule has 0 spiro atoms. The Hall–Kier alpha value is -1.58. The lowest BCUT2D eigenvalue weighted by atomic mass is 9.89. The van der Waals surface area contributed by atoms with Crippen LogP contribution >= 0.6 is 0 Å². The van der Waals surface area contributed by atoms with Crippen LogP contribution in [-0.2, 0) is 16.1 Å². The number of alkyl carbamates (subject to hydrolysis) is 1. The zero-order valence-corrected chi connectivity index (χ0v) is 19.4. The van der Waals surface area contributed by atoms with Gasteiger partial charge in [0.25, 0.3) is 0 Å². The first kappa shape index (κ1) is 24.7. The van der Waals surface area contributed by atoms with E-state index < -0.39 is 45.5 Å². The predicted molar refractivity (Wildman–Crippen MR) is 113 cm³/mol. The molecule has 0 aromatic heterocycles. The first-order valence-electron chi connectivity index (χ1n) is 9.99. The van der Waals surface area contributed by atoms with E-state index in [-0.39, 0.29) is 23.5 Å². The van der Waals surface area contributed by atoms with Crippen molar-refractivity contribution in [3.8, 4) is 5.75 Å². The molecule has 6 nitrogen and oxygen atoms in total. The smallest absolute Gasteiger partial charge is 0.407 e. The Bertz CT molecular complexity index is 759. The van der Waals surface area contributed by atoms with Gasteiger partial charge < -0.3 is 19.3 Å². The van der Waals surface area contributed by atoms with Gasteiger partial charge in [0.05, 0.1) is 6.04 Å². The molecule has 2 N–H and O–H groups in total. The van der Waals surface area contributed by atoms with Crippen molar-refractivity contribution in [2.24, 2.45) is 0 Å². The second-order valence-electron chi connectivity index (χ2n) is 9.58. The Morgan fingerprint density at radius 3 is 2.33 bits per heavy atom. The number of amides is 1. The highest BCUT2D eigenvalue weighted by Gasteiger charge is 2.35. The van der Waals surface area contributed by atoms with Crippen LogP contribution in [0.1, 0.15) is 72.9 Å². The van der Waals surface area contributed by atoms with Crippen LogP contribution in [0.4, 0.5) is 13.6 Å². The second kappa shape index (κ2) is 9.28. The zero-order valence-electron chi connectivity index (χ0n) is 18.6. The molecule has 0 radical (unpaired) electrons. The van der Waals surface area contributed by atoms with E-state index in [1.807, 2.05) is 0 Å². The molecular formula is C21H32F2N2O4S. The molecule has 1 fully saturated rings. The topological polar surface area (TPSA) is 82.6 Å². The van der Waals surface area contributed by atoms with Gasteiger partial charge in [0, 0.05) is 41.9 Å². The van der Waals surface area contributed by atoms with Crippen molar-refractivity contribution < 1.29 is 27.6 Å². The Balaban J connectivity index is 2.02. The van der Waals surface area contributed by atoms with Crippen LogP contribution in [0.5, 0.6) is 5.75 Å². The summed E-state index contributed by atoms with van der Waals surface area (Å²) in [6, 6.07) is 1.22. The number of carbonyl (C=O) groups is 1. The Morgan fingerprint density at radius 1 is 1.20 bits per heavy atom. The van der Waals surface area contributed by atoms with Gasteiger partial charge in [-0.05, 0) is 54.5 Å². The fourth-order valence-corrected chi connectivity index (χ4v) is 3.65. The molecule has 2 atom stereocenters. The maximum Gasteiger partial charge on any atom is 0.407 e. The molecule has 9 heteroatoms. The molecular weight excluding hydrogens is 414 g/mol. The van der Waals surface area contributed by atoms with Crippen LogP contribution in [0.25, 0.3) is 0 Å². The van der Waals surface area contributed by atoms with E-state index >= 15 is 0 Å². The van der Waals surface area contributed by atoms with Crippen molar-refractivity contribution >= 4 is 17.5 Å². The number of halogens is 2. The van der Waals surface area contributed by atoms with Crippen LogP contribution in [0, 0.1) is 11.6 Å². The highest BCUT2D eigenvalue weighted by Crippen LogP contribution is 2.35. The van der Waals surface area contributed by atoms with Crippen molar-refractivity contribution in [3.63, 3.8) is 0 Å². The molecule has 1 saturated carbocycles. The van der Waals surface area contributed by atoms with Gasteiger partial charge >= 0.3 is 6.09 Å². The molecule has 1 aromatic carbocycles. The summed E-state index contributed by atoms with van der Waals surface area (Å²) in [7, 11) is 0. The van der Waals surface area contributed by atoms with Crippen molar-refractivity contribution in [2.45, 2.75) is 89.8 Å². The fourth-order valence-electron chi connectivity index (χ4n) is 2.85. The number of carbonyl (C=O) groups excluding carboxylic acids is 1. The molecule has 1 amide bonds. The molecule has 0 saturated heterocycles. The van der Waals surface area contributed by atoms with Crippen LogP contribution in [0.3, 0.4) is 0 Å². The van der Waals surface area contributed by atoms with Gasteiger partial charge in [-0.25, -0.2) is 13.6 Å². The average Bonchev–Trinajstić information content (AvgIpc) is 2.51. The second-order valence-corrected chi connectivity index (χ2v) is 11.6. The fraction of sp³-hybridized carbons (Fsp3) is 0.667. The molecule has 0 bridgehead atoms. The normalized spacial score (nSPS) is 21.4. The number of benzene rings is 1. The van der Waals surface area contributed by atoms with Gasteiger partial charge in [-0.15, -0.1) is 4.72 Å². The van der Waals surface area contributed by atoms with E-state index in [0.717, 1.165) is 6.07 Å². The van der Waals surface area contributed by atoms with Crippen molar-refractivity contribution in [3.05, 3.63) is 29.3 Å². The first-order valence-corrected chi connectivity index (χ1v) is 11.1. The molecule has 1 unspecified atom stereocenters. The SMILES string of the molecule is C[C@H](N[S+]([O-])C(C)(C)C)c1cc(F)cc(F)c1OC1CC(NC(=O)OC(C)(C)C)C1. The van der Waals surface area contributed by atoms with Gasteiger partial charge in [-0.1, -0.05) is 0 Å². The van der Waals surface area contributed by atoms with Crippen LogP contribution < -0.4 is 14.8 Å². The number of hydrogen-bond donors (Lipinski definition) is 2. The lowest BCUT2D eigenvalue weighted by Crippen LogP contribution is -2.50. The molecule has 1 aliphatic rings. The van der Waals surface area contributed by atoms with E-state index in [1.54, 1.807) is 48.5 Å². The van der Waals surface area contributed by atoms with E-state index in [9.17, 15) is 18.1 Å². The molecule has 0 heterocycles. The summed E-state index contributed by atoms with van der Waals surface area (Å²) in [5, 5.41) is 2.75. The minimum Gasteiger partial charge on any atom is -0.598 e. The minimum absolute atomic E-state index is 0.0666. The maximum absolute atomic E-state index is 14.5. The van der Waals surface area contributed by atoms with Gasteiger partial charge in [0.2, 0.25) is 0 Å². The largest absolute Gasteiger partial charge is 0.598 e. The Labute approximate surface area is 180 Å². The zero-order chi connectivity index (χ0) is 22.9. The Kier molecular flexibility index (Phi) is 7.63. The summed E-state index contributed by atoms with van der Waals surface area (Å²) in [4.78, 5) is 11.8. The van der Waals surface area contributed by atoms with Gasteiger partial charge in [-0.2, -0.15) is 0 Å². The lowest BCUT2D eigenvalue weighted by Gasteiger charge is -2.37. The Morgan fingerprint density at radius 2 is 1.80 bits per heavy atom. The van der Waals surface area contributed by atoms with Gasteiger partial charge in [0.1, 0.15) is 22.3 Å². The first-order chi connectivity index (χ1) is 13.7. The summed E-state index contributed by atoms with van der Waals surface area (Å²) in [5.41, 5.74) is -0.333. The lowest BCUT2D eigenvalue weighted by molar-refractivity contribution is 0.0352. The summed E-state index contributed by atoms with van der Waals surface area (Å²) < 4.78 is 54.1. The van der Waals surface area contributed by atoms with E-state index in [0.29, 0.717) is 12.8 Å². The van der Waals surface area contributed by atoms with E-state index in [4.69, 9.17) is 9.47 Å². The van der Waals surface area contributed by atoms with E-state index in [1.165, 1.54) is 6.07 Å². The summed E-state index contributed by atoms with van der Waals surface area (Å²) in [5.74, 6) is -1.62. The number of hydrogen-bond acceptors (Lipinski definition) is 5. The summed E-state index contributed by atoms with van der Waals surface area (Å²) in [6.07, 6.45) is 0.113. The number of rotatable bonds is 6. The van der Waals surface area contributed by atoms with Crippen molar-refractivity contribution in [2.75, 3.05) is 0 Å². The number of nitrogens with one attached hydrogen (secondary N) is 2. The molecule has 1 aromatic rings. The van der Waals surface area contributed by atoms with E-state index in [2.05, 4.69) is 10.0 Å². The molecule has 1 aliphatic carbocycles. The molecule has 0 aliphatic heterocycles. The van der Waals surface area contributed by atoms with Crippen molar-refractivity contribution in [1.82, 2.24) is 10.0 Å². The summed E-state index contributed by atoms with van der Waals surface area (Å²) in [6.45, 7) is 12.4. The standard InChI is InChI=1S/C21H32F2N2O4S/c1-12(25-30(27)21(5,6)7)16-8-13(22)9-17(23)18(16)28-15-10-14(11-15)24-19(26)29-20(2,3)4/h8-9,12,14-15,25H,10-11H2,1-7H3,(H,24,26)/t12-,14?,15?,30?/m0/s1. The quantitative estimate of drug-likeness (QED) is 0.628. The third-order valence-electron chi connectivity index (χ3n) is 4.44. The molecule has 30 heavy (non-hydrogen) atoms. The number of ether oxygens (including phenoxy) is 2. The van der Waals surface area contributed by atoms with Crippen molar-refractivity contribution in [1.29, 1.82) is 0 Å². The summed E-state index contributed by atoms with van der Waals surface area (Å²) >= 11 is -1.42. The van der Waals surface area contributed by atoms with Crippen LogP contribution in [-0.4, -0.2) is 33.1 Å². The highest BCUT2D eigenvalue weighted by molar-refractivity contribution is 7.90.